The molecule has 0 amide bonds. The first-order valence-electron chi connectivity index (χ1n) is 6.71. The molecule has 2 heteroatoms. The van der Waals surface area contributed by atoms with Crippen molar-refractivity contribution in [2.75, 3.05) is 11.9 Å². The van der Waals surface area contributed by atoms with Gasteiger partial charge in [0.25, 0.3) is 0 Å². The van der Waals surface area contributed by atoms with Crippen molar-refractivity contribution in [1.29, 1.82) is 0 Å². The van der Waals surface area contributed by atoms with Gasteiger partial charge in [-0.2, -0.15) is 0 Å². The second kappa shape index (κ2) is 7.34. The van der Waals surface area contributed by atoms with Gasteiger partial charge >= 0.3 is 0 Å². The van der Waals surface area contributed by atoms with E-state index in [0.717, 1.165) is 28.1 Å². The van der Waals surface area contributed by atoms with Crippen molar-refractivity contribution in [2.45, 2.75) is 13.8 Å². The Kier molecular flexibility index (Phi) is 5.79. The Morgan fingerprint density at radius 3 is 2.38 bits per heavy atom. The van der Waals surface area contributed by atoms with Crippen molar-refractivity contribution >= 4 is 5.69 Å². The van der Waals surface area contributed by atoms with Crippen LogP contribution in [0.1, 0.15) is 12.5 Å². The summed E-state index contributed by atoms with van der Waals surface area (Å²) in [6.45, 7) is 19.1. The zero-order valence-electron chi connectivity index (χ0n) is 13.1. The van der Waals surface area contributed by atoms with Gasteiger partial charge in [0.05, 0.1) is 5.76 Å². The highest BCUT2D eigenvalue weighted by atomic mass is 16.5. The summed E-state index contributed by atoms with van der Waals surface area (Å²) in [6.07, 6.45) is 5.44. The van der Waals surface area contributed by atoms with E-state index in [1.165, 1.54) is 0 Å². The third-order valence-electron chi connectivity index (χ3n) is 3.03. The summed E-state index contributed by atoms with van der Waals surface area (Å²) in [6, 6.07) is 6.04. The highest BCUT2D eigenvalue weighted by Crippen LogP contribution is 2.27. The van der Waals surface area contributed by atoms with Gasteiger partial charge in [-0.3, -0.25) is 0 Å². The molecule has 0 aromatic heterocycles. The number of anilines is 1. The Morgan fingerprint density at radius 1 is 1.19 bits per heavy atom. The van der Waals surface area contributed by atoms with Crippen LogP contribution in [-0.4, -0.2) is 7.05 Å². The Morgan fingerprint density at radius 2 is 1.86 bits per heavy atom. The van der Waals surface area contributed by atoms with Gasteiger partial charge in [-0.25, -0.2) is 0 Å². The van der Waals surface area contributed by atoms with Gasteiger partial charge in [-0.15, -0.1) is 0 Å². The maximum atomic E-state index is 5.64. The standard InChI is InChI=1S/C19H23NO/c1-8-15(5)17(9-2)13-20(7)18-11-10-16(6)19(12-18)21-14(3)4/h8-13H,1-3,5H2,4,6-7H3/b17-13+. The van der Waals surface area contributed by atoms with E-state index in [-0.39, 0.29) is 0 Å². The minimum absolute atomic E-state index is 0.667. The van der Waals surface area contributed by atoms with Crippen LogP contribution in [0.25, 0.3) is 0 Å². The third-order valence-corrected chi connectivity index (χ3v) is 3.03. The molecule has 0 aliphatic heterocycles. The summed E-state index contributed by atoms with van der Waals surface area (Å²) < 4.78 is 5.64. The average Bonchev–Trinajstić information content (AvgIpc) is 2.45. The summed E-state index contributed by atoms with van der Waals surface area (Å²) >= 11 is 0. The minimum Gasteiger partial charge on any atom is -0.462 e. The molecule has 0 unspecified atom stereocenters. The fourth-order valence-corrected chi connectivity index (χ4v) is 1.77. The van der Waals surface area contributed by atoms with Crippen LogP contribution in [0.4, 0.5) is 5.69 Å². The molecule has 110 valence electrons. The van der Waals surface area contributed by atoms with Crippen molar-refractivity contribution in [1.82, 2.24) is 0 Å². The van der Waals surface area contributed by atoms with E-state index in [0.29, 0.717) is 5.76 Å². The lowest BCUT2D eigenvalue weighted by Gasteiger charge is -2.18. The molecule has 0 radical (unpaired) electrons. The van der Waals surface area contributed by atoms with E-state index in [2.05, 4.69) is 26.3 Å². The lowest BCUT2D eigenvalue weighted by atomic mass is 10.1. The number of ether oxygens (including phenoxy) is 1. The molecule has 21 heavy (non-hydrogen) atoms. The molecule has 0 saturated carbocycles. The molecule has 0 heterocycles. The Labute approximate surface area is 128 Å². The van der Waals surface area contributed by atoms with Crippen LogP contribution in [0.5, 0.6) is 5.75 Å². The van der Waals surface area contributed by atoms with Crippen LogP contribution >= 0.6 is 0 Å². The van der Waals surface area contributed by atoms with Gasteiger partial charge in [0.1, 0.15) is 5.75 Å². The summed E-state index contributed by atoms with van der Waals surface area (Å²) in [5, 5.41) is 0. The lowest BCUT2D eigenvalue weighted by Crippen LogP contribution is -2.09. The van der Waals surface area contributed by atoms with Crippen molar-refractivity contribution in [3.8, 4) is 5.75 Å². The highest BCUT2D eigenvalue weighted by Gasteiger charge is 2.06. The number of nitrogens with zero attached hydrogens (tertiary/aromatic N) is 1. The van der Waals surface area contributed by atoms with Gasteiger partial charge in [0.2, 0.25) is 0 Å². The predicted octanol–water partition coefficient (Wildman–Crippen LogP) is 5.16. The summed E-state index contributed by atoms with van der Waals surface area (Å²) in [5.74, 6) is 1.48. The number of hydrogen-bond donors (Lipinski definition) is 0. The second-order valence-corrected chi connectivity index (χ2v) is 4.88. The monoisotopic (exact) mass is 281 g/mol. The molecular formula is C19H23NO. The first-order valence-corrected chi connectivity index (χ1v) is 6.71. The summed E-state index contributed by atoms with van der Waals surface area (Å²) in [7, 11) is 1.97. The molecule has 0 fully saturated rings. The Hall–Kier alpha value is -2.48. The second-order valence-electron chi connectivity index (χ2n) is 4.88. The largest absolute Gasteiger partial charge is 0.462 e. The van der Waals surface area contributed by atoms with Crippen molar-refractivity contribution in [3.05, 3.63) is 85.3 Å². The number of rotatable bonds is 7. The molecule has 0 saturated heterocycles. The number of aryl methyl sites for hydroxylation is 1. The highest BCUT2D eigenvalue weighted by molar-refractivity contribution is 5.57. The normalized spacial score (nSPS) is 10.7. The van der Waals surface area contributed by atoms with Crippen LogP contribution < -0.4 is 9.64 Å². The van der Waals surface area contributed by atoms with Crippen LogP contribution in [0.15, 0.2) is 79.8 Å². The van der Waals surface area contributed by atoms with E-state index >= 15 is 0 Å². The molecule has 0 aliphatic rings. The van der Waals surface area contributed by atoms with Gasteiger partial charge in [0, 0.05) is 25.0 Å². The zero-order valence-corrected chi connectivity index (χ0v) is 13.1. The SMILES string of the molecule is C=CC(=C)/C(C=C)=C/N(C)c1ccc(C)c(OC(=C)C)c1. The van der Waals surface area contributed by atoms with Crippen molar-refractivity contribution < 1.29 is 4.74 Å². The molecule has 0 spiro atoms. The van der Waals surface area contributed by atoms with E-state index < -0.39 is 0 Å². The molecule has 0 aliphatic carbocycles. The van der Waals surface area contributed by atoms with Gasteiger partial charge < -0.3 is 9.64 Å². The first kappa shape index (κ1) is 16.6. The number of hydrogen-bond acceptors (Lipinski definition) is 2. The van der Waals surface area contributed by atoms with Crippen LogP contribution in [-0.2, 0) is 0 Å². The van der Waals surface area contributed by atoms with E-state index in [1.54, 1.807) is 12.2 Å². The summed E-state index contributed by atoms with van der Waals surface area (Å²) in [5.41, 5.74) is 3.84. The molecule has 0 atom stereocenters. The first-order chi connectivity index (χ1) is 9.88. The molecule has 1 aromatic carbocycles. The topological polar surface area (TPSA) is 12.5 Å². The molecular weight excluding hydrogens is 258 g/mol. The maximum Gasteiger partial charge on any atom is 0.131 e. The van der Waals surface area contributed by atoms with Gasteiger partial charge in [-0.1, -0.05) is 44.5 Å². The summed E-state index contributed by atoms with van der Waals surface area (Å²) in [4.78, 5) is 2.00. The van der Waals surface area contributed by atoms with E-state index in [1.807, 2.05) is 50.2 Å². The molecule has 1 aromatic rings. The van der Waals surface area contributed by atoms with Crippen molar-refractivity contribution in [2.24, 2.45) is 0 Å². The molecule has 0 bridgehead atoms. The smallest absolute Gasteiger partial charge is 0.131 e. The minimum atomic E-state index is 0.667. The average molecular weight is 281 g/mol. The van der Waals surface area contributed by atoms with Gasteiger partial charge in [0.15, 0.2) is 0 Å². The van der Waals surface area contributed by atoms with E-state index in [4.69, 9.17) is 4.74 Å². The quantitative estimate of drug-likeness (QED) is 0.506. The maximum absolute atomic E-state index is 5.64. The molecule has 0 N–H and O–H groups in total. The zero-order chi connectivity index (χ0) is 16.0. The fourth-order valence-electron chi connectivity index (χ4n) is 1.77. The van der Waals surface area contributed by atoms with Crippen LogP contribution in [0.3, 0.4) is 0 Å². The molecule has 2 nitrogen and oxygen atoms in total. The Balaban J connectivity index is 3.12. The van der Waals surface area contributed by atoms with Crippen LogP contribution in [0.2, 0.25) is 0 Å². The van der Waals surface area contributed by atoms with E-state index in [9.17, 15) is 0 Å². The van der Waals surface area contributed by atoms with Crippen molar-refractivity contribution in [3.63, 3.8) is 0 Å². The van der Waals surface area contributed by atoms with Crippen LogP contribution in [0, 0.1) is 6.92 Å². The third kappa shape index (κ3) is 4.53. The Bertz CT molecular complexity index is 608. The fraction of sp³-hybridized carbons (Fsp3) is 0.158. The van der Waals surface area contributed by atoms with Gasteiger partial charge in [-0.05, 0) is 36.6 Å². The molecule has 1 rings (SSSR count). The number of benzene rings is 1. The lowest BCUT2D eigenvalue weighted by molar-refractivity contribution is 0.427. The number of allylic oxidation sites excluding steroid dienone is 5. The predicted molar refractivity (Wildman–Crippen MR) is 92.6 cm³/mol.